The lowest BCUT2D eigenvalue weighted by Crippen LogP contribution is -2.30. The minimum atomic E-state index is -0.657. The van der Waals surface area contributed by atoms with Crippen molar-refractivity contribution in [2.75, 3.05) is 18.6 Å². The molecule has 0 saturated carbocycles. The van der Waals surface area contributed by atoms with Crippen LogP contribution in [0.25, 0.3) is 0 Å². The van der Waals surface area contributed by atoms with Crippen molar-refractivity contribution in [3.05, 3.63) is 0 Å². The highest BCUT2D eigenvalue weighted by atomic mass is 32.2. The summed E-state index contributed by atoms with van der Waals surface area (Å²) in [5.41, 5.74) is 0. The summed E-state index contributed by atoms with van der Waals surface area (Å²) in [7, 11) is -0.657. The molecule has 0 fully saturated rings. The average Bonchev–Trinajstić information content (AvgIpc) is 1.84. The summed E-state index contributed by atoms with van der Waals surface area (Å²) in [6.07, 6.45) is 2.94. The van der Waals surface area contributed by atoms with Crippen molar-refractivity contribution < 1.29 is 4.21 Å². The Kier molecular flexibility index (Phi) is 6.67. The lowest BCUT2D eigenvalue weighted by atomic mass is 10.1. The molecular weight excluding hydrogens is 170 g/mol. The summed E-state index contributed by atoms with van der Waals surface area (Å²) in [4.78, 5) is 0. The van der Waals surface area contributed by atoms with E-state index in [-0.39, 0.29) is 0 Å². The second-order valence-corrected chi connectivity index (χ2v) is 5.32. The minimum Gasteiger partial charge on any atom is -0.313 e. The molecule has 0 heterocycles. The van der Waals surface area contributed by atoms with Gasteiger partial charge in [-0.15, -0.1) is 0 Å². The third-order valence-corrected chi connectivity index (χ3v) is 2.49. The number of hydrogen-bond donors (Lipinski definition) is 1. The van der Waals surface area contributed by atoms with Gasteiger partial charge in [0.05, 0.1) is 0 Å². The van der Waals surface area contributed by atoms with Crippen LogP contribution in [0.4, 0.5) is 0 Å². The third-order valence-electron chi connectivity index (χ3n) is 1.71. The van der Waals surface area contributed by atoms with Gasteiger partial charge < -0.3 is 5.32 Å². The first kappa shape index (κ1) is 12.1. The van der Waals surface area contributed by atoms with E-state index in [2.05, 4.69) is 26.1 Å². The topological polar surface area (TPSA) is 29.1 Å². The smallest absolute Gasteiger partial charge is 0.0357 e. The van der Waals surface area contributed by atoms with Crippen LogP contribution in [0.15, 0.2) is 0 Å². The molecule has 2 atom stereocenters. The molecule has 0 aromatic carbocycles. The highest BCUT2D eigenvalue weighted by Gasteiger charge is 2.03. The van der Waals surface area contributed by atoms with Crippen LogP contribution in [-0.4, -0.2) is 28.8 Å². The van der Waals surface area contributed by atoms with Crippen molar-refractivity contribution in [3.8, 4) is 0 Å². The number of hydrogen-bond acceptors (Lipinski definition) is 2. The highest BCUT2D eigenvalue weighted by Crippen LogP contribution is 2.02. The van der Waals surface area contributed by atoms with Crippen LogP contribution in [0.2, 0.25) is 0 Å². The van der Waals surface area contributed by atoms with Gasteiger partial charge in [-0.1, -0.05) is 13.8 Å². The fourth-order valence-electron chi connectivity index (χ4n) is 1.24. The Morgan fingerprint density at radius 2 is 1.92 bits per heavy atom. The Hall–Kier alpha value is 0.110. The summed E-state index contributed by atoms with van der Waals surface area (Å²) in [6.45, 7) is 7.49. The monoisotopic (exact) mass is 191 g/mol. The van der Waals surface area contributed by atoms with Gasteiger partial charge in [0, 0.05) is 35.4 Å². The molecule has 0 bridgehead atoms. The van der Waals surface area contributed by atoms with Crippen LogP contribution in [0.3, 0.4) is 0 Å². The van der Waals surface area contributed by atoms with Gasteiger partial charge in [-0.3, -0.25) is 4.21 Å². The zero-order valence-electron chi connectivity index (χ0n) is 8.59. The van der Waals surface area contributed by atoms with E-state index in [1.165, 1.54) is 6.42 Å². The normalized spacial score (nSPS) is 16.4. The first-order valence-corrected chi connectivity index (χ1v) is 6.28. The van der Waals surface area contributed by atoms with Gasteiger partial charge in [-0.2, -0.15) is 0 Å². The van der Waals surface area contributed by atoms with Crippen molar-refractivity contribution in [2.45, 2.75) is 33.2 Å². The van der Waals surface area contributed by atoms with Crippen LogP contribution in [-0.2, 0) is 10.8 Å². The van der Waals surface area contributed by atoms with E-state index >= 15 is 0 Å². The predicted molar refractivity (Wildman–Crippen MR) is 55.9 cm³/mol. The lowest BCUT2D eigenvalue weighted by molar-refractivity contribution is 0.452. The average molecular weight is 191 g/mol. The summed E-state index contributed by atoms with van der Waals surface area (Å²) in [6, 6.07) is 0.550. The largest absolute Gasteiger partial charge is 0.313 e. The van der Waals surface area contributed by atoms with Gasteiger partial charge in [0.1, 0.15) is 0 Å². The summed E-state index contributed by atoms with van der Waals surface area (Å²) in [5.74, 6) is 1.50. The van der Waals surface area contributed by atoms with E-state index < -0.39 is 10.8 Å². The van der Waals surface area contributed by atoms with Crippen LogP contribution in [0.5, 0.6) is 0 Å². The number of nitrogens with one attached hydrogen (secondary N) is 1. The highest BCUT2D eigenvalue weighted by molar-refractivity contribution is 7.84. The van der Waals surface area contributed by atoms with Gasteiger partial charge in [0.15, 0.2) is 0 Å². The Labute approximate surface area is 78.6 Å². The summed E-state index contributed by atoms with van der Waals surface area (Å²) in [5, 5.41) is 3.35. The summed E-state index contributed by atoms with van der Waals surface area (Å²) < 4.78 is 10.7. The molecule has 0 saturated heterocycles. The Bertz CT molecular complexity index is 136. The minimum absolute atomic E-state index is 0.550. The van der Waals surface area contributed by atoms with E-state index in [1.807, 2.05) is 0 Å². The molecule has 74 valence electrons. The SMILES string of the molecule is CC(C)CC(C)NCCS(C)=O. The molecule has 2 unspecified atom stereocenters. The fourth-order valence-corrected chi connectivity index (χ4v) is 1.64. The Balaban J connectivity index is 3.31. The van der Waals surface area contributed by atoms with Gasteiger partial charge in [-0.05, 0) is 19.3 Å². The van der Waals surface area contributed by atoms with Crippen molar-refractivity contribution in [2.24, 2.45) is 5.92 Å². The molecule has 0 amide bonds. The quantitative estimate of drug-likeness (QED) is 0.687. The molecule has 0 aliphatic heterocycles. The summed E-state index contributed by atoms with van der Waals surface area (Å²) >= 11 is 0. The zero-order chi connectivity index (χ0) is 9.56. The number of rotatable bonds is 6. The fraction of sp³-hybridized carbons (Fsp3) is 1.00. The third kappa shape index (κ3) is 8.21. The van der Waals surface area contributed by atoms with Crippen LogP contribution < -0.4 is 5.32 Å². The van der Waals surface area contributed by atoms with Crippen molar-refractivity contribution in [1.82, 2.24) is 5.32 Å². The molecule has 2 nitrogen and oxygen atoms in total. The molecule has 0 aromatic rings. The maximum atomic E-state index is 10.7. The maximum Gasteiger partial charge on any atom is 0.0357 e. The van der Waals surface area contributed by atoms with E-state index in [4.69, 9.17) is 0 Å². The van der Waals surface area contributed by atoms with Gasteiger partial charge >= 0.3 is 0 Å². The van der Waals surface area contributed by atoms with Crippen molar-refractivity contribution >= 4 is 10.8 Å². The Morgan fingerprint density at radius 3 is 2.33 bits per heavy atom. The van der Waals surface area contributed by atoms with E-state index in [1.54, 1.807) is 6.26 Å². The first-order chi connectivity index (χ1) is 5.52. The molecule has 0 rings (SSSR count). The second kappa shape index (κ2) is 6.61. The molecule has 0 spiro atoms. The first-order valence-electron chi connectivity index (χ1n) is 4.55. The van der Waals surface area contributed by atoms with Crippen molar-refractivity contribution in [1.29, 1.82) is 0 Å². The molecule has 0 aliphatic rings. The Morgan fingerprint density at radius 1 is 1.33 bits per heavy atom. The molecule has 12 heavy (non-hydrogen) atoms. The maximum absolute atomic E-state index is 10.7. The van der Waals surface area contributed by atoms with Gasteiger partial charge in [0.25, 0.3) is 0 Å². The second-order valence-electron chi connectivity index (χ2n) is 3.76. The zero-order valence-corrected chi connectivity index (χ0v) is 9.41. The molecule has 1 N–H and O–H groups in total. The molecule has 0 aromatic heterocycles. The van der Waals surface area contributed by atoms with Crippen LogP contribution >= 0.6 is 0 Å². The molecular formula is C9H21NOS. The van der Waals surface area contributed by atoms with E-state index in [0.29, 0.717) is 6.04 Å². The predicted octanol–water partition coefficient (Wildman–Crippen LogP) is 1.39. The van der Waals surface area contributed by atoms with Gasteiger partial charge in [-0.25, -0.2) is 0 Å². The lowest BCUT2D eigenvalue weighted by Gasteiger charge is -2.15. The molecule has 0 radical (unpaired) electrons. The van der Waals surface area contributed by atoms with Crippen LogP contribution in [0.1, 0.15) is 27.2 Å². The standard InChI is InChI=1S/C9H21NOS/c1-8(2)7-9(3)10-5-6-12(4)11/h8-10H,5-7H2,1-4H3. The van der Waals surface area contributed by atoms with Crippen molar-refractivity contribution in [3.63, 3.8) is 0 Å². The molecule has 0 aliphatic carbocycles. The van der Waals surface area contributed by atoms with E-state index in [0.717, 1.165) is 18.2 Å². The van der Waals surface area contributed by atoms with Crippen LogP contribution in [0, 0.1) is 5.92 Å². The molecule has 3 heteroatoms. The van der Waals surface area contributed by atoms with E-state index in [9.17, 15) is 4.21 Å². The van der Waals surface area contributed by atoms with Gasteiger partial charge in [0.2, 0.25) is 0 Å².